The van der Waals surface area contributed by atoms with Gasteiger partial charge in [-0.25, -0.2) is 0 Å². The number of carbonyl (C=O) groups excluding carboxylic acids is 1. The zero-order chi connectivity index (χ0) is 14.7. The maximum atomic E-state index is 12.1. The van der Waals surface area contributed by atoms with Crippen molar-refractivity contribution in [1.29, 1.82) is 0 Å². The first-order valence-electron chi connectivity index (χ1n) is 7.27. The second-order valence-electron chi connectivity index (χ2n) is 5.54. The summed E-state index contributed by atoms with van der Waals surface area (Å²) in [5.74, 6) is 0.0247. The Balaban J connectivity index is 0.00000176. The van der Waals surface area contributed by atoms with E-state index < -0.39 is 0 Å². The molecule has 0 fully saturated rings. The Morgan fingerprint density at radius 1 is 1.23 bits per heavy atom. The highest BCUT2D eigenvalue weighted by Crippen LogP contribution is 2.21. The van der Waals surface area contributed by atoms with Gasteiger partial charge in [-0.2, -0.15) is 0 Å². The molecule has 1 unspecified atom stereocenters. The molecule has 2 aromatic rings. The number of pyridine rings is 1. The van der Waals surface area contributed by atoms with Crippen LogP contribution < -0.4 is 11.1 Å². The maximum absolute atomic E-state index is 12.1. The van der Waals surface area contributed by atoms with Crippen molar-refractivity contribution in [2.75, 3.05) is 5.73 Å². The Bertz CT molecular complexity index is 643. The predicted octanol–water partition coefficient (Wildman–Crippen LogP) is 2.30. The first kappa shape index (κ1) is 16.3. The summed E-state index contributed by atoms with van der Waals surface area (Å²) in [6.45, 7) is 0. The van der Waals surface area contributed by atoms with E-state index in [1.54, 1.807) is 18.3 Å². The second-order valence-corrected chi connectivity index (χ2v) is 5.54. The summed E-state index contributed by atoms with van der Waals surface area (Å²) in [7, 11) is 0. The fourth-order valence-corrected chi connectivity index (χ4v) is 2.80. The van der Waals surface area contributed by atoms with Gasteiger partial charge in [0.2, 0.25) is 5.91 Å². The number of nitrogens with one attached hydrogen (secondary N) is 1. The monoisotopic (exact) mass is 317 g/mol. The molecule has 116 valence electrons. The molecule has 1 heterocycles. The molecule has 0 bridgehead atoms. The molecule has 5 heteroatoms. The van der Waals surface area contributed by atoms with E-state index in [0.29, 0.717) is 12.1 Å². The molecule has 3 N–H and O–H groups in total. The molecule has 1 atom stereocenters. The lowest BCUT2D eigenvalue weighted by molar-refractivity contribution is -0.121. The van der Waals surface area contributed by atoms with Gasteiger partial charge in [0.15, 0.2) is 0 Å². The van der Waals surface area contributed by atoms with Crippen LogP contribution in [-0.2, 0) is 24.1 Å². The van der Waals surface area contributed by atoms with Gasteiger partial charge in [0.25, 0.3) is 0 Å². The SMILES string of the molecule is Cl.Nc1ccc(CC(=O)NC2CCc3ccccc3C2)nc1. The number of hydrogen-bond donors (Lipinski definition) is 2. The molecule has 0 saturated carbocycles. The third-order valence-electron chi connectivity index (χ3n) is 3.90. The number of aromatic nitrogens is 1. The summed E-state index contributed by atoms with van der Waals surface area (Å²) < 4.78 is 0. The van der Waals surface area contributed by atoms with Crippen LogP contribution in [0.2, 0.25) is 0 Å². The maximum Gasteiger partial charge on any atom is 0.226 e. The molecule has 0 aliphatic heterocycles. The average molecular weight is 318 g/mol. The molecule has 4 nitrogen and oxygen atoms in total. The third-order valence-corrected chi connectivity index (χ3v) is 3.90. The van der Waals surface area contributed by atoms with Crippen molar-refractivity contribution in [2.45, 2.75) is 31.7 Å². The van der Waals surface area contributed by atoms with Crippen LogP contribution in [0.5, 0.6) is 0 Å². The van der Waals surface area contributed by atoms with Gasteiger partial charge in [0.1, 0.15) is 0 Å². The topological polar surface area (TPSA) is 68.0 Å². The van der Waals surface area contributed by atoms with E-state index in [4.69, 9.17) is 5.73 Å². The van der Waals surface area contributed by atoms with E-state index in [0.717, 1.165) is 25.0 Å². The smallest absolute Gasteiger partial charge is 0.226 e. The summed E-state index contributed by atoms with van der Waals surface area (Å²) in [6.07, 6.45) is 4.83. The summed E-state index contributed by atoms with van der Waals surface area (Å²) in [6, 6.07) is 12.2. The molecular formula is C17H20ClN3O. The van der Waals surface area contributed by atoms with E-state index >= 15 is 0 Å². The van der Waals surface area contributed by atoms with Crippen LogP contribution in [0.3, 0.4) is 0 Å². The minimum absolute atomic E-state index is 0. The lowest BCUT2D eigenvalue weighted by Gasteiger charge is -2.25. The zero-order valence-electron chi connectivity index (χ0n) is 12.3. The van der Waals surface area contributed by atoms with Crippen molar-refractivity contribution in [1.82, 2.24) is 10.3 Å². The van der Waals surface area contributed by atoms with Crippen LogP contribution in [0.1, 0.15) is 23.2 Å². The van der Waals surface area contributed by atoms with Crippen LogP contribution in [0.4, 0.5) is 5.69 Å². The average Bonchev–Trinajstić information content (AvgIpc) is 2.49. The van der Waals surface area contributed by atoms with Gasteiger partial charge in [-0.3, -0.25) is 9.78 Å². The number of rotatable bonds is 3. The Kier molecular flexibility index (Phi) is 5.39. The number of nitrogen functional groups attached to an aromatic ring is 1. The number of benzene rings is 1. The highest BCUT2D eigenvalue weighted by molar-refractivity contribution is 5.85. The lowest BCUT2D eigenvalue weighted by Crippen LogP contribution is -2.39. The Morgan fingerprint density at radius 3 is 2.73 bits per heavy atom. The number of hydrogen-bond acceptors (Lipinski definition) is 3. The molecule has 1 amide bonds. The molecule has 3 rings (SSSR count). The van der Waals surface area contributed by atoms with Gasteiger partial charge < -0.3 is 11.1 Å². The zero-order valence-corrected chi connectivity index (χ0v) is 13.1. The highest BCUT2D eigenvalue weighted by atomic mass is 35.5. The molecular weight excluding hydrogens is 298 g/mol. The van der Waals surface area contributed by atoms with Crippen molar-refractivity contribution < 1.29 is 4.79 Å². The number of anilines is 1. The molecule has 22 heavy (non-hydrogen) atoms. The molecule has 0 radical (unpaired) electrons. The van der Waals surface area contributed by atoms with Crippen molar-refractivity contribution in [3.8, 4) is 0 Å². The van der Waals surface area contributed by atoms with E-state index in [1.165, 1.54) is 11.1 Å². The largest absolute Gasteiger partial charge is 0.397 e. The van der Waals surface area contributed by atoms with Crippen molar-refractivity contribution in [3.63, 3.8) is 0 Å². The number of nitrogens with two attached hydrogens (primary N) is 1. The summed E-state index contributed by atoms with van der Waals surface area (Å²) in [5, 5.41) is 3.11. The van der Waals surface area contributed by atoms with Crippen molar-refractivity contribution >= 4 is 24.0 Å². The summed E-state index contributed by atoms with van der Waals surface area (Å²) in [5.41, 5.74) is 9.70. The van der Waals surface area contributed by atoms with Crippen molar-refractivity contribution in [2.24, 2.45) is 0 Å². The molecule has 1 aliphatic rings. The number of halogens is 1. The number of amides is 1. The minimum atomic E-state index is 0. The number of nitrogens with zero attached hydrogens (tertiary/aromatic N) is 1. The third kappa shape index (κ3) is 3.98. The molecule has 0 spiro atoms. The summed E-state index contributed by atoms with van der Waals surface area (Å²) >= 11 is 0. The number of fused-ring (bicyclic) bond motifs is 1. The van der Waals surface area contributed by atoms with E-state index in [9.17, 15) is 4.79 Å². The second kappa shape index (κ2) is 7.27. The quantitative estimate of drug-likeness (QED) is 0.912. The first-order chi connectivity index (χ1) is 10.2. The predicted molar refractivity (Wildman–Crippen MR) is 90.0 cm³/mol. The van der Waals surface area contributed by atoms with Gasteiger partial charge in [-0.15, -0.1) is 12.4 Å². The van der Waals surface area contributed by atoms with Crippen LogP contribution >= 0.6 is 12.4 Å². The Hall–Kier alpha value is -2.07. The fourth-order valence-electron chi connectivity index (χ4n) is 2.80. The van der Waals surface area contributed by atoms with Crippen LogP contribution in [0.25, 0.3) is 0 Å². The van der Waals surface area contributed by atoms with Crippen LogP contribution in [0.15, 0.2) is 42.6 Å². The standard InChI is InChI=1S/C17H19N3O.ClH/c18-14-6-8-15(19-11-14)10-17(21)20-16-7-5-12-3-1-2-4-13(12)9-16;/h1-4,6,8,11,16H,5,7,9-10,18H2,(H,20,21);1H. The lowest BCUT2D eigenvalue weighted by atomic mass is 9.88. The number of aryl methyl sites for hydroxylation is 1. The van der Waals surface area contributed by atoms with Gasteiger partial charge in [-0.05, 0) is 42.5 Å². The molecule has 1 aliphatic carbocycles. The van der Waals surface area contributed by atoms with E-state index in [2.05, 4.69) is 34.6 Å². The number of carbonyl (C=O) groups is 1. The fraction of sp³-hybridized carbons (Fsp3) is 0.294. The minimum Gasteiger partial charge on any atom is -0.397 e. The Morgan fingerprint density at radius 2 is 2.00 bits per heavy atom. The Labute approximate surface area is 136 Å². The van der Waals surface area contributed by atoms with Crippen molar-refractivity contribution in [3.05, 3.63) is 59.4 Å². The molecule has 1 aromatic carbocycles. The summed E-state index contributed by atoms with van der Waals surface area (Å²) in [4.78, 5) is 16.3. The van der Waals surface area contributed by atoms with Gasteiger partial charge >= 0.3 is 0 Å². The van der Waals surface area contributed by atoms with E-state index in [1.807, 2.05) is 0 Å². The molecule has 1 aromatic heterocycles. The van der Waals surface area contributed by atoms with Gasteiger partial charge in [0.05, 0.1) is 18.3 Å². The highest BCUT2D eigenvalue weighted by Gasteiger charge is 2.19. The van der Waals surface area contributed by atoms with Crippen LogP contribution in [-0.4, -0.2) is 16.9 Å². The van der Waals surface area contributed by atoms with E-state index in [-0.39, 0.29) is 24.4 Å². The molecule has 0 saturated heterocycles. The first-order valence-corrected chi connectivity index (χ1v) is 7.27. The van der Waals surface area contributed by atoms with Crippen LogP contribution in [0, 0.1) is 0 Å². The van der Waals surface area contributed by atoms with Gasteiger partial charge in [0, 0.05) is 11.7 Å². The van der Waals surface area contributed by atoms with Gasteiger partial charge in [-0.1, -0.05) is 24.3 Å². The normalized spacial score (nSPS) is 16.3.